The van der Waals surface area contributed by atoms with Crippen LogP contribution in [0.1, 0.15) is 38.4 Å². The van der Waals surface area contributed by atoms with E-state index in [2.05, 4.69) is 10.1 Å². The Hall–Kier alpha value is -2.08. The number of phenols is 1. The third kappa shape index (κ3) is 2.35. The number of anilines is 1. The van der Waals surface area contributed by atoms with Gasteiger partial charge in [-0.2, -0.15) is 4.98 Å². The van der Waals surface area contributed by atoms with Crippen molar-refractivity contribution in [1.82, 2.24) is 10.1 Å². The molecular weight excluding hydrogens is 270 g/mol. The topological polar surface area (TPSA) is 94.4 Å². The molecule has 1 heterocycles. The smallest absolute Gasteiger partial charge is 0.261 e. The van der Waals surface area contributed by atoms with E-state index in [0.717, 1.165) is 25.7 Å². The molecule has 0 bridgehead atoms. The van der Waals surface area contributed by atoms with Crippen LogP contribution in [0.3, 0.4) is 0 Å². The molecule has 6 heteroatoms. The number of hydrogen-bond donors (Lipinski definition) is 2. The minimum absolute atomic E-state index is 0.0374. The van der Waals surface area contributed by atoms with Crippen molar-refractivity contribution in [1.29, 1.82) is 0 Å². The summed E-state index contributed by atoms with van der Waals surface area (Å²) in [4.78, 5) is 4.44. The van der Waals surface area contributed by atoms with Crippen LogP contribution in [-0.2, 0) is 10.3 Å². The Labute approximate surface area is 122 Å². The van der Waals surface area contributed by atoms with Gasteiger partial charge in [0.05, 0.1) is 11.3 Å². The van der Waals surface area contributed by atoms with Gasteiger partial charge in [-0.15, -0.1) is 0 Å². The van der Waals surface area contributed by atoms with E-state index in [4.69, 9.17) is 15.0 Å². The molecule has 0 radical (unpaired) electrons. The molecule has 112 valence electrons. The lowest BCUT2D eigenvalue weighted by molar-refractivity contribution is -0.0469. The van der Waals surface area contributed by atoms with E-state index in [-0.39, 0.29) is 17.3 Å². The van der Waals surface area contributed by atoms with Crippen molar-refractivity contribution < 1.29 is 14.4 Å². The molecule has 0 aliphatic heterocycles. The number of hydrogen-bond acceptors (Lipinski definition) is 6. The van der Waals surface area contributed by atoms with Gasteiger partial charge in [-0.05, 0) is 44.7 Å². The van der Waals surface area contributed by atoms with Crippen LogP contribution in [0.4, 0.5) is 5.69 Å². The minimum atomic E-state index is -0.452. The summed E-state index contributed by atoms with van der Waals surface area (Å²) in [6.07, 6.45) is 3.96. The summed E-state index contributed by atoms with van der Waals surface area (Å²) in [6.45, 7) is 2.57. The number of phenolic OH excluding ortho intramolecular Hbond substituents is 1. The normalized spacial score (nSPS) is 17.2. The van der Waals surface area contributed by atoms with Crippen molar-refractivity contribution >= 4 is 5.69 Å². The Morgan fingerprint density at radius 2 is 2.14 bits per heavy atom. The zero-order chi connectivity index (χ0) is 14.9. The van der Waals surface area contributed by atoms with E-state index in [1.165, 1.54) is 0 Å². The standard InChI is InChI=1S/C15H19N3O3/c1-2-20-15(8-3-4-9-15)14-17-13(21-18-14)10-6-5-7-11(16)12(10)19/h5-7,19H,2-4,8-9,16H2,1H3. The lowest BCUT2D eigenvalue weighted by Crippen LogP contribution is -2.27. The first kappa shape index (κ1) is 13.9. The van der Waals surface area contributed by atoms with Crippen LogP contribution in [0.5, 0.6) is 5.75 Å². The molecule has 0 saturated heterocycles. The third-order valence-corrected chi connectivity index (χ3v) is 3.96. The first-order chi connectivity index (χ1) is 10.2. The monoisotopic (exact) mass is 289 g/mol. The molecular formula is C15H19N3O3. The summed E-state index contributed by atoms with van der Waals surface area (Å²) < 4.78 is 11.2. The second kappa shape index (κ2) is 5.37. The van der Waals surface area contributed by atoms with Gasteiger partial charge >= 0.3 is 0 Å². The average Bonchev–Trinajstić information content (AvgIpc) is 3.12. The van der Waals surface area contributed by atoms with Crippen LogP contribution in [0.15, 0.2) is 22.7 Å². The van der Waals surface area contributed by atoms with Crippen molar-refractivity contribution in [2.45, 2.75) is 38.2 Å². The molecule has 0 atom stereocenters. The van der Waals surface area contributed by atoms with Crippen LogP contribution in [0.2, 0.25) is 0 Å². The van der Waals surface area contributed by atoms with Gasteiger partial charge in [-0.25, -0.2) is 0 Å². The van der Waals surface area contributed by atoms with Crippen molar-refractivity contribution in [2.75, 3.05) is 12.3 Å². The molecule has 0 amide bonds. The molecule has 1 saturated carbocycles. The van der Waals surface area contributed by atoms with Crippen molar-refractivity contribution in [3.63, 3.8) is 0 Å². The molecule has 1 aliphatic rings. The molecule has 21 heavy (non-hydrogen) atoms. The van der Waals surface area contributed by atoms with Crippen LogP contribution in [0.25, 0.3) is 11.5 Å². The molecule has 3 N–H and O–H groups in total. The maximum absolute atomic E-state index is 10.0. The summed E-state index contributed by atoms with van der Waals surface area (Å²) in [7, 11) is 0. The maximum Gasteiger partial charge on any atom is 0.261 e. The third-order valence-electron chi connectivity index (χ3n) is 3.96. The summed E-state index contributed by atoms with van der Waals surface area (Å²) in [5, 5.41) is 14.1. The van der Waals surface area contributed by atoms with E-state index in [9.17, 15) is 5.11 Å². The lowest BCUT2D eigenvalue weighted by Gasteiger charge is -2.24. The predicted octanol–water partition coefficient (Wildman–Crippen LogP) is 2.83. The molecule has 1 aromatic carbocycles. The fraction of sp³-hybridized carbons (Fsp3) is 0.467. The van der Waals surface area contributed by atoms with Crippen LogP contribution >= 0.6 is 0 Å². The summed E-state index contributed by atoms with van der Waals surface area (Å²) in [5.41, 5.74) is 5.97. The quantitative estimate of drug-likeness (QED) is 0.664. The summed E-state index contributed by atoms with van der Waals surface area (Å²) in [5.74, 6) is 0.782. The van der Waals surface area contributed by atoms with Crippen LogP contribution in [0, 0.1) is 0 Å². The number of aromatic hydroxyl groups is 1. The Kier molecular flexibility index (Phi) is 3.55. The van der Waals surface area contributed by atoms with Gasteiger partial charge < -0.3 is 20.1 Å². The highest BCUT2D eigenvalue weighted by atomic mass is 16.5. The first-order valence-corrected chi connectivity index (χ1v) is 7.22. The van der Waals surface area contributed by atoms with Gasteiger partial charge in [-0.1, -0.05) is 11.2 Å². The number of ether oxygens (including phenoxy) is 1. The molecule has 3 rings (SSSR count). The summed E-state index contributed by atoms with van der Waals surface area (Å²) >= 11 is 0. The fourth-order valence-electron chi connectivity index (χ4n) is 2.91. The number of rotatable bonds is 4. The molecule has 1 aromatic heterocycles. The number of benzene rings is 1. The van der Waals surface area contributed by atoms with Crippen molar-refractivity contribution in [3.05, 3.63) is 24.0 Å². The maximum atomic E-state index is 10.0. The predicted molar refractivity (Wildman–Crippen MR) is 77.6 cm³/mol. The SMILES string of the molecule is CCOC1(c2noc(-c3cccc(N)c3O)n2)CCCC1. The fourth-order valence-corrected chi connectivity index (χ4v) is 2.91. The summed E-state index contributed by atoms with van der Waals surface area (Å²) in [6, 6.07) is 5.06. The van der Waals surface area contributed by atoms with Gasteiger partial charge in [0.15, 0.2) is 5.75 Å². The molecule has 1 aliphatic carbocycles. The molecule has 0 spiro atoms. The van der Waals surface area contributed by atoms with Crippen LogP contribution in [-0.4, -0.2) is 21.9 Å². The molecule has 2 aromatic rings. The van der Waals surface area contributed by atoms with E-state index in [1.807, 2.05) is 6.92 Å². The second-order valence-electron chi connectivity index (χ2n) is 5.30. The lowest BCUT2D eigenvalue weighted by atomic mass is 10.0. The van der Waals surface area contributed by atoms with Gasteiger partial charge in [0.2, 0.25) is 5.82 Å². The van der Waals surface area contributed by atoms with E-state index in [0.29, 0.717) is 18.0 Å². The van der Waals surface area contributed by atoms with Gasteiger partial charge in [0.25, 0.3) is 5.89 Å². The second-order valence-corrected chi connectivity index (χ2v) is 5.30. The molecule has 0 unspecified atom stereocenters. The van der Waals surface area contributed by atoms with Gasteiger partial charge in [0.1, 0.15) is 5.60 Å². The highest BCUT2D eigenvalue weighted by Crippen LogP contribution is 2.42. The number of aromatic nitrogens is 2. The molecule has 6 nitrogen and oxygen atoms in total. The Balaban J connectivity index is 1.98. The Morgan fingerprint density at radius 3 is 2.86 bits per heavy atom. The highest BCUT2D eigenvalue weighted by Gasteiger charge is 2.41. The van der Waals surface area contributed by atoms with E-state index < -0.39 is 5.60 Å². The highest BCUT2D eigenvalue weighted by molar-refractivity contribution is 5.71. The number of para-hydroxylation sites is 1. The van der Waals surface area contributed by atoms with Crippen LogP contribution < -0.4 is 5.73 Å². The zero-order valence-electron chi connectivity index (χ0n) is 12.0. The van der Waals surface area contributed by atoms with Crippen molar-refractivity contribution in [3.8, 4) is 17.2 Å². The average molecular weight is 289 g/mol. The van der Waals surface area contributed by atoms with Gasteiger partial charge in [-0.3, -0.25) is 0 Å². The zero-order valence-corrected chi connectivity index (χ0v) is 12.0. The van der Waals surface area contributed by atoms with E-state index in [1.54, 1.807) is 18.2 Å². The first-order valence-electron chi connectivity index (χ1n) is 7.22. The van der Waals surface area contributed by atoms with E-state index >= 15 is 0 Å². The number of nitrogens with zero attached hydrogens (tertiary/aromatic N) is 2. The number of nitrogens with two attached hydrogens (primary N) is 1. The van der Waals surface area contributed by atoms with Crippen molar-refractivity contribution in [2.24, 2.45) is 0 Å². The molecule has 1 fully saturated rings. The Bertz CT molecular complexity index is 633. The largest absolute Gasteiger partial charge is 0.505 e. The minimum Gasteiger partial charge on any atom is -0.505 e. The Morgan fingerprint density at radius 1 is 1.38 bits per heavy atom. The number of nitrogen functional groups attached to an aromatic ring is 1. The van der Waals surface area contributed by atoms with Gasteiger partial charge in [0, 0.05) is 6.61 Å².